The first kappa shape index (κ1) is 14.6. The summed E-state index contributed by atoms with van der Waals surface area (Å²) in [5.74, 6) is -2.38. The minimum absolute atomic E-state index is 0.0670. The quantitative estimate of drug-likeness (QED) is 0.572. The molecule has 9 heteroatoms. The molecule has 104 valence electrons. The lowest BCUT2D eigenvalue weighted by Gasteiger charge is -2.18. The van der Waals surface area contributed by atoms with Crippen LogP contribution in [-0.4, -0.2) is 50.2 Å². The van der Waals surface area contributed by atoms with E-state index in [2.05, 4.69) is 5.10 Å². The number of hydrogen-bond donors (Lipinski definition) is 1. The van der Waals surface area contributed by atoms with Crippen LogP contribution in [0.4, 0.5) is 5.82 Å². The van der Waals surface area contributed by atoms with E-state index in [4.69, 9.17) is 5.11 Å². The van der Waals surface area contributed by atoms with Crippen LogP contribution in [-0.2, 0) is 16.1 Å². The smallest absolute Gasteiger partial charge is 0.389 e. The van der Waals surface area contributed by atoms with Gasteiger partial charge in [-0.2, -0.15) is 4.68 Å². The molecule has 1 atom stereocenters. The van der Waals surface area contributed by atoms with Crippen LogP contribution in [0.1, 0.15) is 6.92 Å². The third-order valence-electron chi connectivity index (χ3n) is 2.51. The molecule has 0 fully saturated rings. The topological polar surface area (TPSA) is 119 Å². The van der Waals surface area contributed by atoms with Crippen molar-refractivity contribution in [1.82, 2.24) is 14.7 Å². The van der Waals surface area contributed by atoms with Gasteiger partial charge in [-0.25, -0.2) is 0 Å². The fourth-order valence-corrected chi connectivity index (χ4v) is 1.39. The van der Waals surface area contributed by atoms with Crippen LogP contribution in [0.15, 0.2) is 12.3 Å². The molecule has 9 nitrogen and oxygen atoms in total. The lowest BCUT2D eigenvalue weighted by atomic mass is 10.2. The van der Waals surface area contributed by atoms with Gasteiger partial charge < -0.3 is 20.1 Å². The molecule has 0 radical (unpaired) electrons. The number of carbonyl (C=O) groups excluding carboxylic acids is 1. The molecule has 0 aromatic carbocycles. The highest BCUT2D eigenvalue weighted by Crippen LogP contribution is 2.06. The van der Waals surface area contributed by atoms with E-state index >= 15 is 0 Å². The van der Waals surface area contributed by atoms with Crippen molar-refractivity contribution in [1.29, 1.82) is 0 Å². The minimum Gasteiger partial charge on any atom is -0.481 e. The Morgan fingerprint density at radius 2 is 2.26 bits per heavy atom. The monoisotopic (exact) mass is 270 g/mol. The fourth-order valence-electron chi connectivity index (χ4n) is 1.39. The number of aromatic nitrogens is 2. The second-order valence-corrected chi connectivity index (χ2v) is 4.14. The second-order valence-electron chi connectivity index (χ2n) is 4.14. The average Bonchev–Trinajstić information content (AvgIpc) is 2.77. The summed E-state index contributed by atoms with van der Waals surface area (Å²) in [6.45, 7) is 1.39. The Hall–Kier alpha value is -2.45. The van der Waals surface area contributed by atoms with Crippen LogP contribution in [0.25, 0.3) is 0 Å². The molecular formula is C10H14N4O5. The van der Waals surface area contributed by atoms with Gasteiger partial charge in [0.15, 0.2) is 0 Å². The SMILES string of the molecule is CC(CN(C)C(=O)Cn1ccc([N+](=O)[O-])n1)C(=O)O. The van der Waals surface area contributed by atoms with Gasteiger partial charge in [0.1, 0.15) is 6.54 Å². The van der Waals surface area contributed by atoms with E-state index < -0.39 is 16.8 Å². The normalized spacial score (nSPS) is 11.9. The van der Waals surface area contributed by atoms with Crippen LogP contribution >= 0.6 is 0 Å². The third kappa shape index (κ3) is 4.05. The van der Waals surface area contributed by atoms with Gasteiger partial charge in [0.05, 0.1) is 23.3 Å². The van der Waals surface area contributed by atoms with E-state index in [0.29, 0.717) is 0 Å². The summed E-state index contributed by atoms with van der Waals surface area (Å²) in [5.41, 5.74) is 0. The number of carboxylic acids is 1. The molecule has 1 rings (SSSR count). The molecule has 0 spiro atoms. The fraction of sp³-hybridized carbons (Fsp3) is 0.500. The Labute approximate surface area is 108 Å². The molecule has 0 bridgehead atoms. The van der Waals surface area contributed by atoms with Crippen LogP contribution in [0.2, 0.25) is 0 Å². The highest BCUT2D eigenvalue weighted by Gasteiger charge is 2.19. The maximum atomic E-state index is 11.8. The van der Waals surface area contributed by atoms with Crippen molar-refractivity contribution in [2.75, 3.05) is 13.6 Å². The summed E-state index contributed by atoms with van der Waals surface area (Å²) in [5, 5.41) is 22.8. The van der Waals surface area contributed by atoms with Crippen molar-refractivity contribution >= 4 is 17.7 Å². The molecule has 1 heterocycles. The predicted octanol–water partition coefficient (Wildman–Crippen LogP) is -0.0296. The van der Waals surface area contributed by atoms with Gasteiger partial charge in [0, 0.05) is 13.6 Å². The van der Waals surface area contributed by atoms with Gasteiger partial charge in [-0.1, -0.05) is 6.92 Å². The lowest BCUT2D eigenvalue weighted by Crippen LogP contribution is -2.35. The summed E-state index contributed by atoms with van der Waals surface area (Å²) in [4.78, 5) is 33.4. The highest BCUT2D eigenvalue weighted by atomic mass is 16.6. The van der Waals surface area contributed by atoms with Crippen LogP contribution in [0.5, 0.6) is 0 Å². The van der Waals surface area contributed by atoms with Crippen molar-refractivity contribution in [3.63, 3.8) is 0 Å². The van der Waals surface area contributed by atoms with Gasteiger partial charge >= 0.3 is 11.8 Å². The number of carbonyl (C=O) groups is 2. The summed E-state index contributed by atoms with van der Waals surface area (Å²) < 4.78 is 1.14. The van der Waals surface area contributed by atoms with Crippen molar-refractivity contribution in [3.05, 3.63) is 22.4 Å². The molecule has 0 aliphatic heterocycles. The first-order chi connectivity index (χ1) is 8.81. The number of carboxylic acid groups (broad SMARTS) is 1. The number of nitrogens with zero attached hydrogens (tertiary/aromatic N) is 4. The molecule has 1 unspecified atom stereocenters. The van der Waals surface area contributed by atoms with Gasteiger partial charge in [-0.05, 0) is 4.92 Å². The summed E-state index contributed by atoms with van der Waals surface area (Å²) in [7, 11) is 1.47. The summed E-state index contributed by atoms with van der Waals surface area (Å²) >= 11 is 0. The molecule has 0 aliphatic rings. The first-order valence-electron chi connectivity index (χ1n) is 5.46. The Morgan fingerprint density at radius 3 is 2.74 bits per heavy atom. The van der Waals surface area contributed by atoms with Gasteiger partial charge in [-0.15, -0.1) is 0 Å². The number of likely N-dealkylation sites (N-methyl/N-ethyl adjacent to an activating group) is 1. The number of amides is 1. The summed E-state index contributed by atoms with van der Waals surface area (Å²) in [6.07, 6.45) is 1.32. The standard InChI is InChI=1S/C10H14N4O5/c1-7(10(16)17)5-12(2)9(15)6-13-4-3-8(11-13)14(18)19/h3-4,7H,5-6H2,1-2H3,(H,16,17). The zero-order valence-corrected chi connectivity index (χ0v) is 10.5. The Bertz CT molecular complexity index is 498. The Morgan fingerprint density at radius 1 is 1.63 bits per heavy atom. The largest absolute Gasteiger partial charge is 0.481 e. The van der Waals surface area contributed by atoms with E-state index in [1.165, 1.54) is 31.1 Å². The minimum atomic E-state index is -0.991. The van der Waals surface area contributed by atoms with Gasteiger partial charge in [0.2, 0.25) is 5.91 Å². The molecule has 0 aliphatic carbocycles. The lowest BCUT2D eigenvalue weighted by molar-refractivity contribution is -0.389. The van der Waals surface area contributed by atoms with E-state index in [9.17, 15) is 19.7 Å². The molecule has 1 aromatic heterocycles. The predicted molar refractivity (Wildman–Crippen MR) is 63.3 cm³/mol. The maximum Gasteiger partial charge on any atom is 0.389 e. The second kappa shape index (κ2) is 5.94. The Balaban J connectivity index is 2.58. The van der Waals surface area contributed by atoms with Crippen molar-refractivity contribution in [2.24, 2.45) is 5.92 Å². The van der Waals surface area contributed by atoms with Crippen molar-refractivity contribution in [3.8, 4) is 0 Å². The third-order valence-corrected chi connectivity index (χ3v) is 2.51. The molecule has 1 aromatic rings. The van der Waals surface area contributed by atoms with Gasteiger partial charge in [-0.3, -0.25) is 9.59 Å². The molecule has 19 heavy (non-hydrogen) atoms. The summed E-state index contributed by atoms with van der Waals surface area (Å²) in [6, 6.07) is 1.19. The number of nitro groups is 1. The number of hydrogen-bond acceptors (Lipinski definition) is 5. The molecule has 1 N–H and O–H groups in total. The molecule has 0 saturated carbocycles. The zero-order chi connectivity index (χ0) is 14.6. The van der Waals surface area contributed by atoms with Crippen LogP contribution in [0.3, 0.4) is 0 Å². The highest BCUT2D eigenvalue weighted by molar-refractivity contribution is 5.77. The van der Waals surface area contributed by atoms with Crippen LogP contribution in [0, 0.1) is 16.0 Å². The number of aliphatic carboxylic acids is 1. The van der Waals surface area contributed by atoms with Crippen LogP contribution < -0.4 is 0 Å². The Kier molecular flexibility index (Phi) is 4.56. The van der Waals surface area contributed by atoms with Crippen molar-refractivity contribution < 1.29 is 19.6 Å². The van der Waals surface area contributed by atoms with E-state index in [0.717, 1.165) is 4.68 Å². The zero-order valence-electron chi connectivity index (χ0n) is 10.5. The van der Waals surface area contributed by atoms with E-state index in [1.54, 1.807) is 0 Å². The van der Waals surface area contributed by atoms with Crippen molar-refractivity contribution in [2.45, 2.75) is 13.5 Å². The first-order valence-corrected chi connectivity index (χ1v) is 5.46. The van der Waals surface area contributed by atoms with E-state index in [-0.39, 0.29) is 24.8 Å². The van der Waals surface area contributed by atoms with E-state index in [1.807, 2.05) is 0 Å². The molecule has 0 saturated heterocycles. The molecular weight excluding hydrogens is 256 g/mol. The average molecular weight is 270 g/mol. The van der Waals surface area contributed by atoms with Gasteiger partial charge in [0.25, 0.3) is 0 Å². The molecule has 1 amide bonds. The maximum absolute atomic E-state index is 11.8. The number of rotatable bonds is 6.